The third-order valence-electron chi connectivity index (χ3n) is 6.52. The van der Waals surface area contributed by atoms with E-state index in [9.17, 15) is 61.0 Å². The van der Waals surface area contributed by atoms with Crippen molar-refractivity contribution in [2.24, 2.45) is 0 Å². The first kappa shape index (κ1) is 29.4. The number of hydrogen-bond acceptors (Lipinski definition) is 18. The SMILES string of the molecule is COc1cc2c(cc1OC(O)(O)O)CCN1CC(O)(C(O)(O)C(O)(C(O)O)C(O)(O)O)C(=O)C(O)(O)C21. The Labute approximate surface area is 205 Å². The third kappa shape index (κ3) is 4.27. The summed E-state index contributed by atoms with van der Waals surface area (Å²) in [5.74, 6) is -16.4. The van der Waals surface area contributed by atoms with Crippen molar-refractivity contribution < 1.29 is 85.8 Å². The Balaban J connectivity index is 2.15. The molecule has 1 fully saturated rings. The summed E-state index contributed by atoms with van der Waals surface area (Å²) in [6, 6.07) is 0.287. The molecule has 3 rings (SSSR count). The van der Waals surface area contributed by atoms with E-state index in [-0.39, 0.29) is 29.8 Å². The highest BCUT2D eigenvalue weighted by Crippen LogP contribution is 2.50. The lowest BCUT2D eigenvalue weighted by atomic mass is 9.68. The minimum atomic E-state index is -4.79. The van der Waals surface area contributed by atoms with Crippen molar-refractivity contribution in [2.75, 3.05) is 20.2 Å². The van der Waals surface area contributed by atoms with E-state index in [2.05, 4.69) is 4.74 Å². The van der Waals surface area contributed by atoms with Gasteiger partial charge in [-0.25, -0.2) is 0 Å². The van der Waals surface area contributed by atoms with E-state index < -0.39 is 65.3 Å². The molecule has 0 saturated carbocycles. The van der Waals surface area contributed by atoms with Crippen molar-refractivity contribution in [1.29, 1.82) is 0 Å². The zero-order valence-electron chi connectivity index (χ0n) is 18.9. The van der Waals surface area contributed by atoms with E-state index in [1.165, 1.54) is 0 Å². The van der Waals surface area contributed by atoms with E-state index in [0.717, 1.165) is 24.1 Å². The molecule has 1 aromatic carbocycles. The third-order valence-corrected chi connectivity index (χ3v) is 6.52. The molecule has 3 unspecified atom stereocenters. The quantitative estimate of drug-likeness (QED) is 0.142. The number of aliphatic hydroxyl groups is 14. The number of methoxy groups -OCH3 is 1. The lowest BCUT2D eigenvalue weighted by Crippen LogP contribution is -2.86. The van der Waals surface area contributed by atoms with Crippen LogP contribution in [0.2, 0.25) is 0 Å². The number of Topliss-reactive ketones (excluding diaryl/α,β-unsaturated/α-hetero) is 1. The average Bonchev–Trinajstić information content (AvgIpc) is 2.74. The number of carbonyl (C=O) groups excluding carboxylic acids is 1. The lowest BCUT2D eigenvalue weighted by molar-refractivity contribution is -0.499. The summed E-state index contributed by atoms with van der Waals surface area (Å²) < 4.78 is 9.56. The van der Waals surface area contributed by atoms with Crippen molar-refractivity contribution in [3.8, 4) is 11.5 Å². The van der Waals surface area contributed by atoms with Crippen LogP contribution in [-0.2, 0) is 11.2 Å². The van der Waals surface area contributed by atoms with Gasteiger partial charge in [0.05, 0.1) is 13.2 Å². The Morgan fingerprint density at radius 3 is 2.00 bits per heavy atom. The molecule has 3 atom stereocenters. The highest BCUT2D eigenvalue weighted by Gasteiger charge is 2.79. The van der Waals surface area contributed by atoms with Crippen molar-refractivity contribution in [3.05, 3.63) is 23.3 Å². The predicted octanol–water partition coefficient (Wildman–Crippen LogP) is -8.09. The predicted molar refractivity (Wildman–Crippen MR) is 108 cm³/mol. The fourth-order valence-corrected chi connectivity index (χ4v) is 4.67. The Hall–Kier alpha value is -2.11. The molecule has 0 radical (unpaired) electrons. The highest BCUT2D eigenvalue weighted by atomic mass is 16.9. The van der Waals surface area contributed by atoms with Gasteiger partial charge in [-0.05, 0) is 29.7 Å². The largest absolute Gasteiger partial charge is 0.493 e. The molecule has 18 heteroatoms. The first-order valence-electron chi connectivity index (χ1n) is 10.3. The van der Waals surface area contributed by atoms with Crippen molar-refractivity contribution in [1.82, 2.24) is 4.90 Å². The molecular formula is C19H27NO17. The second-order valence-corrected chi connectivity index (χ2v) is 8.86. The van der Waals surface area contributed by atoms with Crippen molar-refractivity contribution in [2.45, 2.75) is 53.7 Å². The van der Waals surface area contributed by atoms with Crippen LogP contribution in [-0.4, -0.2) is 144 Å². The molecule has 2 aliphatic heterocycles. The molecular weight excluding hydrogens is 514 g/mol. The molecule has 37 heavy (non-hydrogen) atoms. The van der Waals surface area contributed by atoms with Gasteiger partial charge in [0, 0.05) is 13.1 Å². The second-order valence-electron chi connectivity index (χ2n) is 8.86. The number of nitrogens with zero attached hydrogens (tertiary/aromatic N) is 1. The van der Waals surface area contributed by atoms with Crippen molar-refractivity contribution in [3.63, 3.8) is 0 Å². The number of ketones is 1. The fraction of sp³-hybridized carbons (Fsp3) is 0.632. The summed E-state index contributed by atoms with van der Waals surface area (Å²) in [5.41, 5.74) is -8.69. The summed E-state index contributed by atoms with van der Waals surface area (Å²) in [6.07, 6.45) is -7.38. The number of piperidine rings is 1. The number of aliphatic hydroxyl groups excluding tert-OH is 1. The maximum absolute atomic E-state index is 13.1. The average molecular weight is 541 g/mol. The molecule has 210 valence electrons. The van der Waals surface area contributed by atoms with Gasteiger partial charge in [-0.3, -0.25) is 9.69 Å². The number of hydrogen-bond donors (Lipinski definition) is 14. The smallest absolute Gasteiger partial charge is 0.453 e. The van der Waals surface area contributed by atoms with Gasteiger partial charge in [-0.1, -0.05) is 0 Å². The fourth-order valence-electron chi connectivity index (χ4n) is 4.67. The van der Waals surface area contributed by atoms with Crippen molar-refractivity contribution >= 4 is 5.78 Å². The Bertz CT molecular complexity index is 1060. The van der Waals surface area contributed by atoms with Crippen LogP contribution in [0.4, 0.5) is 0 Å². The molecule has 0 spiro atoms. The summed E-state index contributed by atoms with van der Waals surface area (Å²) in [5, 5.41) is 138. The molecule has 0 aliphatic carbocycles. The maximum atomic E-state index is 13.1. The Kier molecular flexibility index (Phi) is 6.93. The number of benzene rings is 1. The number of ether oxygens (including phenoxy) is 2. The zero-order valence-corrected chi connectivity index (χ0v) is 18.9. The van der Waals surface area contributed by atoms with Gasteiger partial charge < -0.3 is 81.0 Å². The van der Waals surface area contributed by atoms with Gasteiger partial charge in [-0.2, -0.15) is 0 Å². The normalized spacial score (nSPS) is 26.4. The molecule has 1 aromatic rings. The molecule has 0 bridgehead atoms. The molecule has 18 nitrogen and oxygen atoms in total. The van der Waals surface area contributed by atoms with Crippen LogP contribution < -0.4 is 9.47 Å². The van der Waals surface area contributed by atoms with Crippen LogP contribution in [0, 0.1) is 0 Å². The molecule has 2 aliphatic rings. The Morgan fingerprint density at radius 1 is 0.973 bits per heavy atom. The highest BCUT2D eigenvalue weighted by molar-refractivity contribution is 5.96. The summed E-state index contributed by atoms with van der Waals surface area (Å²) in [7, 11) is 1.08. The number of carbonyl (C=O) groups is 1. The molecule has 14 N–H and O–H groups in total. The van der Waals surface area contributed by atoms with Crippen LogP contribution in [0.15, 0.2) is 12.1 Å². The van der Waals surface area contributed by atoms with E-state index in [1.807, 2.05) is 0 Å². The number of rotatable bonds is 7. The lowest BCUT2D eigenvalue weighted by Gasteiger charge is -2.57. The van der Waals surface area contributed by atoms with Gasteiger partial charge in [0.25, 0.3) is 5.60 Å². The van der Waals surface area contributed by atoms with Crippen LogP contribution in [0.5, 0.6) is 11.5 Å². The summed E-state index contributed by atoms with van der Waals surface area (Å²) in [4.78, 5) is 14.0. The topological polar surface area (TPSA) is 322 Å². The van der Waals surface area contributed by atoms with E-state index in [1.54, 1.807) is 0 Å². The second kappa shape index (κ2) is 8.71. The van der Waals surface area contributed by atoms with E-state index >= 15 is 0 Å². The van der Waals surface area contributed by atoms with Crippen LogP contribution >= 0.6 is 0 Å². The van der Waals surface area contributed by atoms with Crippen LogP contribution in [0.3, 0.4) is 0 Å². The van der Waals surface area contributed by atoms with Gasteiger partial charge in [0.2, 0.25) is 17.4 Å². The van der Waals surface area contributed by atoms with Gasteiger partial charge in [-0.15, -0.1) is 0 Å². The summed E-state index contributed by atoms with van der Waals surface area (Å²) in [6.45, 7) is -1.67. The van der Waals surface area contributed by atoms with Gasteiger partial charge in [0.1, 0.15) is 0 Å². The van der Waals surface area contributed by atoms with Gasteiger partial charge >= 0.3 is 12.1 Å². The van der Waals surface area contributed by atoms with Crippen LogP contribution in [0.1, 0.15) is 17.2 Å². The molecule has 2 heterocycles. The first-order chi connectivity index (χ1) is 16.6. The maximum Gasteiger partial charge on any atom is 0.453 e. The standard InChI is InChI=1S/C19H27NO17/c1-36-9-5-8-7(4-10(9)37-19(33,34)35)2-3-20-6-14(24,12(21)15(25,26)11(8)20)17(28,29)16(27,13(22)23)18(30,31)32/h4-5,11,13,22-35H,2-3,6H2,1H3. The van der Waals surface area contributed by atoms with Gasteiger partial charge in [0.15, 0.2) is 23.4 Å². The molecule has 0 aromatic heterocycles. The summed E-state index contributed by atoms with van der Waals surface area (Å²) >= 11 is 0. The van der Waals surface area contributed by atoms with E-state index in [4.69, 9.17) is 20.1 Å². The minimum absolute atomic E-state index is 0.109. The van der Waals surface area contributed by atoms with Crippen LogP contribution in [0.25, 0.3) is 0 Å². The minimum Gasteiger partial charge on any atom is -0.493 e. The first-order valence-corrected chi connectivity index (χ1v) is 10.3. The zero-order chi connectivity index (χ0) is 28.6. The number of fused-ring (bicyclic) bond motifs is 3. The molecule has 0 amide bonds. The molecule has 1 saturated heterocycles. The Morgan fingerprint density at radius 2 is 1.54 bits per heavy atom. The monoisotopic (exact) mass is 541 g/mol. The van der Waals surface area contributed by atoms with E-state index in [0.29, 0.717) is 0 Å².